The number of likely N-dealkylation sites (N-methyl/N-ethyl adjacent to an activating group) is 1. The molecule has 2 amide bonds. The van der Waals surface area contributed by atoms with Crippen LogP contribution in [-0.4, -0.2) is 97.0 Å². The van der Waals surface area contributed by atoms with E-state index in [9.17, 15) is 61.6 Å². The number of ketones is 2. The Morgan fingerprint density at radius 3 is 1.70 bits per heavy atom. The molecule has 0 radical (unpaired) electrons. The van der Waals surface area contributed by atoms with Crippen molar-refractivity contribution in [2.75, 3.05) is 33.4 Å². The van der Waals surface area contributed by atoms with Crippen LogP contribution in [-0.2, 0) is 30.5 Å². The molecule has 70 heavy (non-hydrogen) atoms. The lowest BCUT2D eigenvalue weighted by molar-refractivity contribution is 0.0551. The van der Waals surface area contributed by atoms with E-state index >= 15 is 0 Å². The van der Waals surface area contributed by atoms with E-state index in [0.29, 0.717) is 25.9 Å². The predicted molar refractivity (Wildman–Crippen MR) is 249 cm³/mol. The van der Waals surface area contributed by atoms with Gasteiger partial charge in [-0.05, 0) is 68.4 Å². The molecule has 3 aromatic carbocycles. The molecular formula is C51H51ClF4N4O10. The zero-order valence-electron chi connectivity index (χ0n) is 38.4. The van der Waals surface area contributed by atoms with E-state index in [4.69, 9.17) is 4.74 Å². The molecule has 3 N–H and O–H groups in total. The first-order chi connectivity index (χ1) is 32.8. The molecule has 4 heterocycles. The lowest BCUT2D eigenvalue weighted by Crippen LogP contribution is -2.52. The van der Waals surface area contributed by atoms with Crippen LogP contribution >= 0.6 is 12.4 Å². The van der Waals surface area contributed by atoms with Crippen molar-refractivity contribution < 1.29 is 56.8 Å². The second-order valence-corrected chi connectivity index (χ2v) is 18.5. The third kappa shape index (κ3) is 9.39. The highest BCUT2D eigenvalue weighted by molar-refractivity contribution is 6.01. The maximum Gasteiger partial charge on any atom is 0.274 e. The Kier molecular flexibility index (Phi) is 14.6. The first kappa shape index (κ1) is 51.2. The van der Waals surface area contributed by atoms with Gasteiger partial charge in [-0.2, -0.15) is 0 Å². The lowest BCUT2D eigenvalue weighted by atomic mass is 9.99. The summed E-state index contributed by atoms with van der Waals surface area (Å²) in [7, 11) is 1.63. The summed E-state index contributed by atoms with van der Waals surface area (Å²) in [5.74, 6) is -6.47. The van der Waals surface area contributed by atoms with E-state index in [1.807, 2.05) is 44.2 Å². The number of carbonyl (C=O) groups excluding carboxylic acids is 4. The highest BCUT2D eigenvalue weighted by Crippen LogP contribution is 2.55. The number of fused-ring (bicyclic) bond motifs is 4. The zero-order chi connectivity index (χ0) is 49.7. The van der Waals surface area contributed by atoms with Crippen molar-refractivity contribution in [3.8, 4) is 11.5 Å². The number of carbonyl (C=O) groups is 4. The average molecular weight is 991 g/mol. The van der Waals surface area contributed by atoms with Crippen LogP contribution in [0.25, 0.3) is 0 Å². The molecular weight excluding hydrogens is 940 g/mol. The van der Waals surface area contributed by atoms with Crippen molar-refractivity contribution >= 4 is 35.8 Å². The van der Waals surface area contributed by atoms with Crippen molar-refractivity contribution in [2.24, 2.45) is 11.8 Å². The highest BCUT2D eigenvalue weighted by Gasteiger charge is 2.61. The zero-order valence-corrected chi connectivity index (χ0v) is 39.2. The fraction of sp³-hybridized carbons (Fsp3) is 0.373. The molecule has 4 atom stereocenters. The molecule has 2 spiro atoms. The molecule has 0 saturated heterocycles. The minimum atomic E-state index is -0.962. The Bertz CT molecular complexity index is 3020. The Hall–Kier alpha value is -6.63. The normalized spacial score (nSPS) is 20.7. The van der Waals surface area contributed by atoms with E-state index < -0.39 is 74.3 Å². The smallest absolute Gasteiger partial charge is 0.274 e. The minimum absolute atomic E-state index is 0. The Morgan fingerprint density at radius 2 is 1.21 bits per heavy atom. The molecule has 0 bridgehead atoms. The second-order valence-electron chi connectivity index (χ2n) is 18.5. The number of amides is 2. The Balaban J connectivity index is 0.000000206. The van der Waals surface area contributed by atoms with Crippen LogP contribution in [0.4, 0.5) is 17.6 Å². The van der Waals surface area contributed by atoms with E-state index in [1.54, 1.807) is 16.5 Å². The Labute approximate surface area is 405 Å². The summed E-state index contributed by atoms with van der Waals surface area (Å²) < 4.78 is 63.3. The van der Waals surface area contributed by atoms with Gasteiger partial charge in [0.05, 0.1) is 22.2 Å². The van der Waals surface area contributed by atoms with Crippen LogP contribution in [0.5, 0.6) is 11.5 Å². The van der Waals surface area contributed by atoms with Crippen LogP contribution in [0.15, 0.2) is 88.7 Å². The van der Waals surface area contributed by atoms with Gasteiger partial charge in [-0.1, -0.05) is 42.5 Å². The predicted octanol–water partition coefficient (Wildman–Crippen LogP) is 5.96. The third-order valence-corrected chi connectivity index (χ3v) is 13.8. The number of aryl methyl sites for hydroxylation is 2. The maximum atomic E-state index is 14.1. The quantitative estimate of drug-likeness (QED) is 0.0886. The van der Waals surface area contributed by atoms with Crippen LogP contribution in [0.2, 0.25) is 0 Å². The van der Waals surface area contributed by atoms with Crippen molar-refractivity contribution in [3.05, 3.63) is 162 Å². The number of ether oxygens (including phenoxy) is 1. The number of aliphatic hydroxyl groups excluding tert-OH is 2. The van der Waals surface area contributed by atoms with Gasteiger partial charge in [0, 0.05) is 88.6 Å². The SMILES string of the molecule is CC(C)N1C[C@]2(C[C@H]2CO)n2cc(C(=O)CCc3ccc(F)cc3F)c(=O)c(O)c2C1=O.CN1C[C@]2(C[C@H]2CO)n2cc(C(=O)CCc3ccc(F)cc3F)c(=O)c(OCc3ccccc3)c2C1=O.Cl. The first-order valence-corrected chi connectivity index (χ1v) is 22.5. The van der Waals surface area contributed by atoms with Gasteiger partial charge in [-0.25, -0.2) is 17.6 Å². The first-order valence-electron chi connectivity index (χ1n) is 22.5. The number of rotatable bonds is 14. The number of nitrogens with zero attached hydrogens (tertiary/aromatic N) is 4. The van der Waals surface area contributed by atoms with Crippen molar-refractivity contribution in [3.63, 3.8) is 0 Å². The van der Waals surface area contributed by atoms with Gasteiger partial charge in [-0.3, -0.25) is 28.8 Å². The number of halogens is 5. The van der Waals surface area contributed by atoms with Gasteiger partial charge in [0.25, 0.3) is 11.8 Å². The molecule has 19 heteroatoms. The molecule has 5 aromatic rings. The maximum absolute atomic E-state index is 14.1. The van der Waals surface area contributed by atoms with Gasteiger partial charge < -0.3 is 39.0 Å². The summed E-state index contributed by atoms with van der Waals surface area (Å²) in [6, 6.07) is 15.1. The summed E-state index contributed by atoms with van der Waals surface area (Å²) in [6.45, 7) is 4.01. The number of Topliss-reactive ketones (excluding diaryl/α,β-unsaturated/α-hetero) is 2. The fourth-order valence-electron chi connectivity index (χ4n) is 9.69. The Morgan fingerprint density at radius 1 is 0.714 bits per heavy atom. The number of benzene rings is 3. The van der Waals surface area contributed by atoms with E-state index in [2.05, 4.69) is 0 Å². The average Bonchev–Trinajstić information content (AvgIpc) is 4.23. The number of hydrogen-bond donors (Lipinski definition) is 3. The summed E-state index contributed by atoms with van der Waals surface area (Å²) in [5.41, 5.74) is -2.59. The van der Waals surface area contributed by atoms with Crippen molar-refractivity contribution in [1.29, 1.82) is 0 Å². The number of aromatic nitrogens is 2. The summed E-state index contributed by atoms with van der Waals surface area (Å²) in [4.78, 5) is 81.7. The van der Waals surface area contributed by atoms with Crippen LogP contribution in [0.3, 0.4) is 0 Å². The molecule has 2 saturated carbocycles. The molecule has 0 unspecified atom stereocenters. The number of aromatic hydroxyl groups is 1. The molecule has 2 fully saturated rings. The van der Waals surface area contributed by atoms with Crippen LogP contribution < -0.4 is 15.6 Å². The molecule has 14 nitrogen and oxygen atoms in total. The monoisotopic (exact) mass is 990 g/mol. The third-order valence-electron chi connectivity index (χ3n) is 13.8. The standard InChI is InChI=1S/C28H26F2N2O5.C23H24F2N2O5.ClH/c1-31-16-28(12-19(28)14-33)32-13-21(23(34)10-8-18-7-9-20(29)11-22(18)30)25(35)26(24(32)27(31)36)37-15-17-5-3-2-4-6-17;1-12(2)26-11-23(8-14(23)10-28)27-9-16(20(30)21(31)19(27)22(26)32)18(29)6-4-13-3-5-15(24)7-17(13)25;/h2-7,9,11,13,19,33H,8,10,12,14-16H2,1H3;3,5,7,9,12,14,28,31H,4,6,8,10-11H2,1-2H3;1H/t19-,28-;14-,23-;/m00./s1. The topological polar surface area (TPSA) is 189 Å². The summed E-state index contributed by atoms with van der Waals surface area (Å²) in [5, 5.41) is 30.2. The molecule has 2 aliphatic heterocycles. The van der Waals surface area contributed by atoms with E-state index in [0.717, 1.165) is 29.8 Å². The van der Waals surface area contributed by atoms with Crippen LogP contribution in [0.1, 0.15) is 97.9 Å². The van der Waals surface area contributed by atoms with E-state index in [1.165, 1.54) is 34.0 Å². The van der Waals surface area contributed by atoms with Crippen molar-refractivity contribution in [1.82, 2.24) is 18.9 Å². The molecule has 370 valence electrons. The number of aliphatic hydroxyl groups is 2. The fourth-order valence-corrected chi connectivity index (χ4v) is 9.69. The second kappa shape index (κ2) is 20.0. The van der Waals surface area contributed by atoms with Gasteiger partial charge in [0.15, 0.2) is 34.5 Å². The van der Waals surface area contributed by atoms with Gasteiger partial charge >= 0.3 is 0 Å². The van der Waals surface area contributed by atoms with E-state index in [-0.39, 0.29) is 115 Å². The largest absolute Gasteiger partial charge is 0.503 e. The van der Waals surface area contributed by atoms with Gasteiger partial charge in [0.1, 0.15) is 29.9 Å². The van der Waals surface area contributed by atoms with Crippen molar-refractivity contribution in [2.45, 2.75) is 76.1 Å². The molecule has 9 rings (SSSR count). The van der Waals surface area contributed by atoms with Gasteiger partial charge in [0.2, 0.25) is 10.9 Å². The van der Waals surface area contributed by atoms with Crippen LogP contribution in [0, 0.1) is 35.1 Å². The number of pyridine rings is 2. The summed E-state index contributed by atoms with van der Waals surface area (Å²) in [6.07, 6.45) is 3.25. The van der Waals surface area contributed by atoms with Gasteiger partial charge in [-0.15, -0.1) is 12.4 Å². The highest BCUT2D eigenvalue weighted by atomic mass is 35.5. The molecule has 2 aromatic heterocycles. The minimum Gasteiger partial charge on any atom is -0.503 e. The number of hydrogen-bond acceptors (Lipinski definition) is 10. The summed E-state index contributed by atoms with van der Waals surface area (Å²) >= 11 is 0. The molecule has 2 aliphatic carbocycles. The molecule has 4 aliphatic rings. The lowest BCUT2D eigenvalue weighted by Gasteiger charge is -2.39.